The maximum Gasteiger partial charge on any atom is 0.0460 e. The lowest BCUT2D eigenvalue weighted by Gasteiger charge is -2.35. The van der Waals surface area contributed by atoms with Gasteiger partial charge >= 0.3 is 0 Å². The van der Waals surface area contributed by atoms with Gasteiger partial charge in [-0.25, -0.2) is 0 Å². The topological polar surface area (TPSA) is 22.3 Å². The van der Waals surface area contributed by atoms with Crippen LogP contribution in [-0.4, -0.2) is 48.0 Å². The molecule has 132 valence electrons. The second-order valence-corrected chi connectivity index (χ2v) is 7.61. The van der Waals surface area contributed by atoms with Gasteiger partial charge in [-0.15, -0.1) is 0 Å². The number of H-pyrrole nitrogens is 1. The Balaban J connectivity index is 1.94. The molecule has 2 aromatic rings. The molecule has 1 unspecified atom stereocenters. The van der Waals surface area contributed by atoms with Crippen LogP contribution >= 0.6 is 0 Å². The summed E-state index contributed by atoms with van der Waals surface area (Å²) in [5, 5.41) is 1.50. The normalized spacial score (nSPS) is 17.8. The lowest BCUT2D eigenvalue weighted by atomic mass is 9.84. The molecular formula is C21H33N3. The maximum atomic E-state index is 3.50. The Morgan fingerprint density at radius 1 is 1.12 bits per heavy atom. The molecule has 0 saturated heterocycles. The minimum absolute atomic E-state index is 0.713. The number of benzene rings is 1. The third-order valence-corrected chi connectivity index (χ3v) is 5.34. The van der Waals surface area contributed by atoms with Gasteiger partial charge in [0.15, 0.2) is 0 Å². The van der Waals surface area contributed by atoms with Crippen molar-refractivity contribution in [3.63, 3.8) is 0 Å². The Bertz CT molecular complexity index is 665. The van der Waals surface area contributed by atoms with E-state index in [4.69, 9.17) is 0 Å². The number of aromatic amines is 1. The molecule has 0 aliphatic heterocycles. The number of hydrogen-bond donors (Lipinski definition) is 1. The number of rotatable bonds is 7. The number of aryl methyl sites for hydroxylation is 1. The van der Waals surface area contributed by atoms with Crippen molar-refractivity contribution in [2.75, 3.05) is 27.2 Å². The standard InChI is InChI=1S/C21H33N3/c1-5-11-24(12-6-2)18-9-7-16-8-10-20-21(19(16)13-18)17(14-22-20)15-23(3)4/h8,10,14,18,22H,5-7,9,11-13,15H2,1-4H3. The second kappa shape index (κ2) is 7.71. The zero-order chi connectivity index (χ0) is 17.1. The van der Waals surface area contributed by atoms with Crippen LogP contribution in [0.3, 0.4) is 0 Å². The summed E-state index contributed by atoms with van der Waals surface area (Å²) in [4.78, 5) is 8.50. The van der Waals surface area contributed by atoms with E-state index in [9.17, 15) is 0 Å². The minimum Gasteiger partial charge on any atom is -0.361 e. The highest BCUT2D eigenvalue weighted by molar-refractivity contribution is 5.88. The summed E-state index contributed by atoms with van der Waals surface area (Å²) in [7, 11) is 4.31. The molecule has 1 aliphatic rings. The average molecular weight is 328 g/mol. The predicted molar refractivity (Wildman–Crippen MR) is 104 cm³/mol. The second-order valence-electron chi connectivity index (χ2n) is 7.61. The Hall–Kier alpha value is -1.32. The van der Waals surface area contributed by atoms with Crippen LogP contribution in [0.2, 0.25) is 0 Å². The molecule has 24 heavy (non-hydrogen) atoms. The summed E-state index contributed by atoms with van der Waals surface area (Å²) in [6, 6.07) is 5.35. The molecule has 0 bridgehead atoms. The molecule has 1 aliphatic carbocycles. The van der Waals surface area contributed by atoms with E-state index in [1.165, 1.54) is 61.7 Å². The molecule has 1 aromatic carbocycles. The molecule has 0 fully saturated rings. The lowest BCUT2D eigenvalue weighted by Crippen LogP contribution is -2.40. The van der Waals surface area contributed by atoms with Crippen LogP contribution in [-0.2, 0) is 19.4 Å². The molecule has 3 nitrogen and oxygen atoms in total. The van der Waals surface area contributed by atoms with Crippen molar-refractivity contribution in [2.45, 2.75) is 58.5 Å². The van der Waals surface area contributed by atoms with Crippen LogP contribution in [0.25, 0.3) is 10.9 Å². The number of nitrogens with one attached hydrogen (secondary N) is 1. The minimum atomic E-state index is 0.713. The number of nitrogens with zero attached hydrogens (tertiary/aromatic N) is 2. The van der Waals surface area contributed by atoms with Gasteiger partial charge in [0, 0.05) is 29.7 Å². The molecule has 0 radical (unpaired) electrons. The monoisotopic (exact) mass is 327 g/mol. The quantitative estimate of drug-likeness (QED) is 0.823. The van der Waals surface area contributed by atoms with E-state index in [-0.39, 0.29) is 0 Å². The van der Waals surface area contributed by atoms with E-state index in [2.05, 4.69) is 61.1 Å². The van der Waals surface area contributed by atoms with Crippen molar-refractivity contribution in [1.82, 2.24) is 14.8 Å². The van der Waals surface area contributed by atoms with Crippen molar-refractivity contribution < 1.29 is 0 Å². The molecule has 0 amide bonds. The first-order valence-corrected chi connectivity index (χ1v) is 9.63. The van der Waals surface area contributed by atoms with Crippen LogP contribution in [0, 0.1) is 0 Å². The molecular weight excluding hydrogens is 294 g/mol. The molecule has 0 saturated carbocycles. The summed E-state index contributed by atoms with van der Waals surface area (Å²) in [5.41, 5.74) is 5.94. The van der Waals surface area contributed by atoms with Crippen molar-refractivity contribution in [3.8, 4) is 0 Å². The molecule has 1 N–H and O–H groups in total. The summed E-state index contributed by atoms with van der Waals surface area (Å²) >= 11 is 0. The average Bonchev–Trinajstić information content (AvgIpc) is 2.97. The van der Waals surface area contributed by atoms with Gasteiger partial charge in [-0.2, -0.15) is 0 Å². The maximum absolute atomic E-state index is 3.50. The van der Waals surface area contributed by atoms with Crippen LogP contribution < -0.4 is 0 Å². The summed E-state index contributed by atoms with van der Waals surface area (Å²) in [6.07, 6.45) is 8.47. The Morgan fingerprint density at radius 2 is 1.88 bits per heavy atom. The molecule has 1 heterocycles. The van der Waals surface area contributed by atoms with Crippen molar-refractivity contribution in [1.29, 1.82) is 0 Å². The van der Waals surface area contributed by atoms with Gasteiger partial charge in [0.1, 0.15) is 0 Å². The van der Waals surface area contributed by atoms with E-state index in [1.54, 1.807) is 11.1 Å². The van der Waals surface area contributed by atoms with Crippen LogP contribution in [0.5, 0.6) is 0 Å². The highest BCUT2D eigenvalue weighted by atomic mass is 15.1. The van der Waals surface area contributed by atoms with E-state index < -0.39 is 0 Å². The Morgan fingerprint density at radius 3 is 2.54 bits per heavy atom. The highest BCUT2D eigenvalue weighted by Crippen LogP contribution is 2.33. The smallest absolute Gasteiger partial charge is 0.0460 e. The Kier molecular flexibility index (Phi) is 5.62. The molecule has 0 spiro atoms. The first-order valence-electron chi connectivity index (χ1n) is 9.63. The van der Waals surface area contributed by atoms with Crippen molar-refractivity contribution in [2.24, 2.45) is 0 Å². The highest BCUT2D eigenvalue weighted by Gasteiger charge is 2.26. The number of aromatic nitrogens is 1. The van der Waals surface area contributed by atoms with Crippen LogP contribution in [0.1, 0.15) is 49.8 Å². The first kappa shape index (κ1) is 17.5. The lowest BCUT2D eigenvalue weighted by molar-refractivity contribution is 0.180. The van der Waals surface area contributed by atoms with E-state index in [0.717, 1.165) is 6.54 Å². The fourth-order valence-corrected chi connectivity index (χ4v) is 4.37. The number of hydrogen-bond acceptors (Lipinski definition) is 2. The van der Waals surface area contributed by atoms with Crippen molar-refractivity contribution in [3.05, 3.63) is 35.0 Å². The summed E-state index contributed by atoms with van der Waals surface area (Å²) in [5.74, 6) is 0. The molecule has 1 aromatic heterocycles. The zero-order valence-electron chi connectivity index (χ0n) is 15.9. The van der Waals surface area contributed by atoms with Gasteiger partial charge in [0.25, 0.3) is 0 Å². The van der Waals surface area contributed by atoms with Gasteiger partial charge in [0.2, 0.25) is 0 Å². The number of fused-ring (bicyclic) bond motifs is 3. The zero-order valence-corrected chi connectivity index (χ0v) is 15.9. The van der Waals surface area contributed by atoms with Gasteiger partial charge in [-0.3, -0.25) is 0 Å². The van der Waals surface area contributed by atoms with E-state index >= 15 is 0 Å². The summed E-state index contributed by atoms with van der Waals surface area (Å²) in [6.45, 7) is 8.09. The molecule has 3 heteroatoms. The van der Waals surface area contributed by atoms with Crippen LogP contribution in [0.15, 0.2) is 18.3 Å². The third-order valence-electron chi connectivity index (χ3n) is 5.34. The SMILES string of the molecule is CCCN(CCC)C1CCc2ccc3[nH]cc(CN(C)C)c3c2C1. The van der Waals surface area contributed by atoms with Crippen LogP contribution in [0.4, 0.5) is 0 Å². The Labute approximate surface area is 147 Å². The summed E-state index contributed by atoms with van der Waals surface area (Å²) < 4.78 is 0. The molecule has 3 rings (SSSR count). The first-order chi connectivity index (χ1) is 11.6. The third kappa shape index (κ3) is 3.52. The molecule has 1 atom stereocenters. The van der Waals surface area contributed by atoms with Gasteiger partial charge < -0.3 is 14.8 Å². The fraction of sp³-hybridized carbons (Fsp3) is 0.619. The largest absolute Gasteiger partial charge is 0.361 e. The fourth-order valence-electron chi connectivity index (χ4n) is 4.37. The van der Waals surface area contributed by atoms with Crippen molar-refractivity contribution >= 4 is 10.9 Å². The van der Waals surface area contributed by atoms with Gasteiger partial charge in [0.05, 0.1) is 0 Å². The van der Waals surface area contributed by atoms with Gasteiger partial charge in [-0.1, -0.05) is 19.9 Å². The van der Waals surface area contributed by atoms with E-state index in [1.807, 2.05) is 0 Å². The van der Waals surface area contributed by atoms with E-state index in [0.29, 0.717) is 6.04 Å². The van der Waals surface area contributed by atoms with Gasteiger partial charge in [-0.05, 0) is 82.0 Å². The predicted octanol–water partition coefficient (Wildman–Crippen LogP) is 4.21.